The molecule has 0 radical (unpaired) electrons. The Morgan fingerprint density at radius 3 is 2.81 bits per heavy atom. The lowest BCUT2D eigenvalue weighted by atomic mass is 10.4. The summed E-state index contributed by atoms with van der Waals surface area (Å²) in [4.78, 5) is 25.1. The van der Waals surface area contributed by atoms with Crippen molar-refractivity contribution in [3.8, 4) is 0 Å². The maximum atomic E-state index is 11.6. The standard InChI is InChI=1S/C14H13ClN2O2S2/c15-10-3-1-4-11(7-10)21-9-13(18)17-14(19)16-8-12-5-2-6-20-12/h1-7H,8-9H2,(H2,16,17,18,19). The monoisotopic (exact) mass is 340 g/mol. The normalized spacial score (nSPS) is 10.1. The third-order valence-electron chi connectivity index (χ3n) is 2.42. The van der Waals surface area contributed by atoms with E-state index in [0.717, 1.165) is 9.77 Å². The van der Waals surface area contributed by atoms with Crippen LogP contribution >= 0.6 is 34.7 Å². The molecule has 0 saturated heterocycles. The SMILES string of the molecule is O=C(CSc1cccc(Cl)c1)NC(=O)NCc1cccs1. The number of rotatable bonds is 5. The largest absolute Gasteiger partial charge is 0.333 e. The van der Waals surface area contributed by atoms with E-state index in [9.17, 15) is 9.59 Å². The summed E-state index contributed by atoms with van der Waals surface area (Å²) < 4.78 is 0. The molecule has 0 aliphatic rings. The van der Waals surface area contributed by atoms with Crippen LogP contribution in [-0.2, 0) is 11.3 Å². The summed E-state index contributed by atoms with van der Waals surface area (Å²) in [5.41, 5.74) is 0. The van der Waals surface area contributed by atoms with Gasteiger partial charge in [0.05, 0.1) is 12.3 Å². The number of nitrogens with one attached hydrogen (secondary N) is 2. The van der Waals surface area contributed by atoms with E-state index in [2.05, 4.69) is 10.6 Å². The van der Waals surface area contributed by atoms with Gasteiger partial charge >= 0.3 is 6.03 Å². The minimum absolute atomic E-state index is 0.159. The Morgan fingerprint density at radius 2 is 2.10 bits per heavy atom. The van der Waals surface area contributed by atoms with Gasteiger partial charge in [0.25, 0.3) is 0 Å². The van der Waals surface area contributed by atoms with Crippen LogP contribution in [-0.4, -0.2) is 17.7 Å². The maximum Gasteiger partial charge on any atom is 0.321 e. The highest BCUT2D eigenvalue weighted by Gasteiger charge is 2.08. The van der Waals surface area contributed by atoms with Gasteiger partial charge in [-0.3, -0.25) is 10.1 Å². The van der Waals surface area contributed by atoms with Crippen molar-refractivity contribution in [2.24, 2.45) is 0 Å². The van der Waals surface area contributed by atoms with Crippen molar-refractivity contribution in [2.45, 2.75) is 11.4 Å². The molecule has 0 aliphatic carbocycles. The number of carbonyl (C=O) groups is 2. The molecule has 4 nitrogen and oxygen atoms in total. The lowest BCUT2D eigenvalue weighted by Gasteiger charge is -2.06. The number of imide groups is 1. The van der Waals surface area contributed by atoms with E-state index < -0.39 is 6.03 Å². The van der Waals surface area contributed by atoms with Gasteiger partial charge in [-0.05, 0) is 29.6 Å². The molecule has 7 heteroatoms. The van der Waals surface area contributed by atoms with Gasteiger partial charge in [0, 0.05) is 14.8 Å². The van der Waals surface area contributed by atoms with Crippen molar-refractivity contribution < 1.29 is 9.59 Å². The highest BCUT2D eigenvalue weighted by Crippen LogP contribution is 2.21. The van der Waals surface area contributed by atoms with Gasteiger partial charge in [-0.25, -0.2) is 4.79 Å². The molecular formula is C14H13ClN2O2S2. The van der Waals surface area contributed by atoms with Gasteiger partial charge in [0.15, 0.2) is 0 Å². The number of thioether (sulfide) groups is 1. The fourth-order valence-corrected chi connectivity index (χ4v) is 3.15. The Labute approximate surface area is 135 Å². The van der Waals surface area contributed by atoms with Crippen LogP contribution in [0.2, 0.25) is 5.02 Å². The lowest BCUT2D eigenvalue weighted by Crippen LogP contribution is -2.39. The highest BCUT2D eigenvalue weighted by molar-refractivity contribution is 8.00. The van der Waals surface area contributed by atoms with E-state index >= 15 is 0 Å². The summed E-state index contributed by atoms with van der Waals surface area (Å²) in [6.45, 7) is 0.415. The van der Waals surface area contributed by atoms with Crippen LogP contribution in [0.25, 0.3) is 0 Å². The molecule has 0 spiro atoms. The molecule has 2 N–H and O–H groups in total. The summed E-state index contributed by atoms with van der Waals surface area (Å²) in [7, 11) is 0. The molecule has 1 aromatic heterocycles. The van der Waals surface area contributed by atoms with Crippen LogP contribution < -0.4 is 10.6 Å². The molecule has 0 unspecified atom stereocenters. The second kappa shape index (κ2) is 8.07. The molecular weight excluding hydrogens is 328 g/mol. The Morgan fingerprint density at radius 1 is 1.24 bits per heavy atom. The molecule has 0 fully saturated rings. The number of amides is 3. The average Bonchev–Trinajstić information content (AvgIpc) is 2.96. The van der Waals surface area contributed by atoms with Crippen LogP contribution in [0, 0.1) is 0 Å². The fourth-order valence-electron chi connectivity index (χ4n) is 1.49. The number of benzene rings is 1. The third kappa shape index (κ3) is 5.79. The summed E-state index contributed by atoms with van der Waals surface area (Å²) in [6, 6.07) is 10.6. The van der Waals surface area contributed by atoms with Gasteiger partial charge in [0.1, 0.15) is 0 Å². The predicted molar refractivity (Wildman–Crippen MR) is 86.9 cm³/mol. The molecule has 0 atom stereocenters. The van der Waals surface area contributed by atoms with Gasteiger partial charge in [-0.15, -0.1) is 23.1 Å². The Balaban J connectivity index is 1.70. The smallest absolute Gasteiger partial charge is 0.321 e. The van der Waals surface area contributed by atoms with Crippen molar-refractivity contribution in [3.63, 3.8) is 0 Å². The minimum Gasteiger partial charge on any atom is -0.333 e. The molecule has 1 aromatic carbocycles. The zero-order chi connectivity index (χ0) is 15.1. The van der Waals surface area contributed by atoms with Gasteiger partial charge in [0.2, 0.25) is 5.91 Å². The van der Waals surface area contributed by atoms with Crippen LogP contribution in [0.4, 0.5) is 4.79 Å². The number of hydrogen-bond acceptors (Lipinski definition) is 4. The average molecular weight is 341 g/mol. The second-order valence-corrected chi connectivity index (χ2v) is 6.57. The Kier molecular flexibility index (Phi) is 6.10. The summed E-state index contributed by atoms with van der Waals surface area (Å²) >= 11 is 8.73. The third-order valence-corrected chi connectivity index (χ3v) is 4.53. The molecule has 2 aromatic rings. The first-order valence-electron chi connectivity index (χ1n) is 6.12. The zero-order valence-electron chi connectivity index (χ0n) is 11.0. The van der Waals surface area contributed by atoms with Crippen LogP contribution in [0.5, 0.6) is 0 Å². The molecule has 110 valence electrons. The summed E-state index contributed by atoms with van der Waals surface area (Å²) in [6.07, 6.45) is 0. The summed E-state index contributed by atoms with van der Waals surface area (Å²) in [5.74, 6) is -0.184. The predicted octanol–water partition coefficient (Wildman–Crippen LogP) is 3.52. The van der Waals surface area contributed by atoms with E-state index in [1.807, 2.05) is 29.6 Å². The Bertz CT molecular complexity index is 617. The van der Waals surface area contributed by atoms with Crippen LogP contribution in [0.3, 0.4) is 0 Å². The van der Waals surface area contributed by atoms with Crippen LogP contribution in [0.15, 0.2) is 46.7 Å². The van der Waals surface area contributed by atoms with E-state index in [0.29, 0.717) is 11.6 Å². The van der Waals surface area contributed by atoms with Crippen molar-refractivity contribution >= 4 is 46.6 Å². The first-order valence-corrected chi connectivity index (χ1v) is 8.36. The minimum atomic E-state index is -0.486. The van der Waals surface area contributed by atoms with Gasteiger partial charge in [-0.2, -0.15) is 0 Å². The van der Waals surface area contributed by atoms with E-state index in [1.54, 1.807) is 23.5 Å². The number of carbonyl (C=O) groups excluding carboxylic acids is 2. The topological polar surface area (TPSA) is 58.2 Å². The van der Waals surface area contributed by atoms with Gasteiger partial charge < -0.3 is 5.32 Å². The van der Waals surface area contributed by atoms with E-state index in [1.165, 1.54) is 11.8 Å². The number of thiophene rings is 1. The Hall–Kier alpha value is -1.50. The number of halogens is 1. The fraction of sp³-hybridized carbons (Fsp3) is 0.143. The molecule has 1 heterocycles. The molecule has 21 heavy (non-hydrogen) atoms. The maximum absolute atomic E-state index is 11.6. The molecule has 2 rings (SSSR count). The van der Waals surface area contributed by atoms with Crippen LogP contribution in [0.1, 0.15) is 4.88 Å². The highest BCUT2D eigenvalue weighted by atomic mass is 35.5. The quantitative estimate of drug-likeness (QED) is 0.819. The second-order valence-electron chi connectivity index (χ2n) is 4.06. The van der Waals surface area contributed by atoms with E-state index in [-0.39, 0.29) is 11.7 Å². The first kappa shape index (κ1) is 15.9. The first-order chi connectivity index (χ1) is 10.1. The molecule has 0 bridgehead atoms. The summed E-state index contributed by atoms with van der Waals surface area (Å²) in [5, 5.41) is 7.47. The number of hydrogen-bond donors (Lipinski definition) is 2. The lowest BCUT2D eigenvalue weighted by molar-refractivity contribution is -0.117. The van der Waals surface area contributed by atoms with Crippen molar-refractivity contribution in [1.82, 2.24) is 10.6 Å². The van der Waals surface area contributed by atoms with Gasteiger partial charge in [-0.1, -0.05) is 23.7 Å². The number of urea groups is 1. The molecule has 3 amide bonds. The molecule has 0 saturated carbocycles. The van der Waals surface area contributed by atoms with Crippen molar-refractivity contribution in [2.75, 3.05) is 5.75 Å². The van der Waals surface area contributed by atoms with E-state index in [4.69, 9.17) is 11.6 Å². The van der Waals surface area contributed by atoms with Crippen molar-refractivity contribution in [1.29, 1.82) is 0 Å². The zero-order valence-corrected chi connectivity index (χ0v) is 13.4. The van der Waals surface area contributed by atoms with Crippen molar-refractivity contribution in [3.05, 3.63) is 51.7 Å². The molecule has 0 aliphatic heterocycles.